The highest BCUT2D eigenvalue weighted by atomic mass is 16.5. The molecular formula is C18H25NO4. The number of unbranched alkanes of at least 4 members (excludes halogenated alkanes) is 3. The highest BCUT2D eigenvalue weighted by Gasteiger charge is 2.34. The second-order valence-electron chi connectivity index (χ2n) is 5.59. The Labute approximate surface area is 137 Å². The van der Waals surface area contributed by atoms with Crippen molar-refractivity contribution in [3.8, 4) is 0 Å². The van der Waals surface area contributed by atoms with Crippen LogP contribution in [0.3, 0.4) is 0 Å². The van der Waals surface area contributed by atoms with Gasteiger partial charge in [0, 0.05) is 6.61 Å². The largest absolute Gasteiger partial charge is 0.379 e. The first-order valence-corrected chi connectivity index (χ1v) is 8.36. The van der Waals surface area contributed by atoms with Crippen molar-refractivity contribution in [2.75, 3.05) is 33.0 Å². The summed E-state index contributed by atoms with van der Waals surface area (Å²) in [7, 11) is 0. The molecule has 0 N–H and O–H groups in total. The number of amides is 2. The van der Waals surface area contributed by atoms with E-state index in [4.69, 9.17) is 9.47 Å². The average molecular weight is 319 g/mol. The Morgan fingerprint density at radius 2 is 1.43 bits per heavy atom. The molecule has 0 fully saturated rings. The molecule has 0 aromatic heterocycles. The van der Waals surface area contributed by atoms with Crippen LogP contribution in [0.15, 0.2) is 24.3 Å². The van der Waals surface area contributed by atoms with Gasteiger partial charge in [-0.15, -0.1) is 0 Å². The van der Waals surface area contributed by atoms with E-state index in [1.54, 1.807) is 24.3 Å². The topological polar surface area (TPSA) is 55.8 Å². The summed E-state index contributed by atoms with van der Waals surface area (Å²) >= 11 is 0. The van der Waals surface area contributed by atoms with Crippen molar-refractivity contribution < 1.29 is 19.1 Å². The molecule has 0 saturated heterocycles. The van der Waals surface area contributed by atoms with E-state index in [2.05, 4.69) is 6.92 Å². The van der Waals surface area contributed by atoms with Crippen LogP contribution in [0.5, 0.6) is 0 Å². The molecule has 0 bridgehead atoms. The zero-order valence-corrected chi connectivity index (χ0v) is 13.8. The molecule has 23 heavy (non-hydrogen) atoms. The molecule has 0 aliphatic carbocycles. The quantitative estimate of drug-likeness (QED) is 0.465. The maximum Gasteiger partial charge on any atom is 0.261 e. The molecule has 126 valence electrons. The highest BCUT2D eigenvalue weighted by molar-refractivity contribution is 6.21. The summed E-state index contributed by atoms with van der Waals surface area (Å²) in [6.45, 7) is 4.60. The fourth-order valence-electron chi connectivity index (χ4n) is 2.55. The number of nitrogens with zero attached hydrogens (tertiary/aromatic N) is 1. The summed E-state index contributed by atoms with van der Waals surface area (Å²) in [5.74, 6) is -0.470. The zero-order valence-electron chi connectivity index (χ0n) is 13.8. The second kappa shape index (κ2) is 9.43. The standard InChI is InChI=1S/C18H25NO4/c1-2-3-4-7-11-22-13-14-23-12-10-19-17(20)15-8-5-6-9-16(15)18(19)21/h5-6,8-9H,2-4,7,10-14H2,1H3. The maximum atomic E-state index is 12.1. The molecule has 0 spiro atoms. The zero-order chi connectivity index (χ0) is 16.5. The van der Waals surface area contributed by atoms with Crippen molar-refractivity contribution in [3.63, 3.8) is 0 Å². The minimum Gasteiger partial charge on any atom is -0.379 e. The molecule has 1 aromatic carbocycles. The molecule has 5 heteroatoms. The van der Waals surface area contributed by atoms with Gasteiger partial charge in [-0.05, 0) is 18.6 Å². The van der Waals surface area contributed by atoms with Crippen molar-refractivity contribution in [3.05, 3.63) is 35.4 Å². The molecule has 1 aliphatic rings. The van der Waals surface area contributed by atoms with Gasteiger partial charge in [0.2, 0.25) is 0 Å². The van der Waals surface area contributed by atoms with Gasteiger partial charge in [0.1, 0.15) is 0 Å². The van der Waals surface area contributed by atoms with Gasteiger partial charge >= 0.3 is 0 Å². The Kier molecular flexibility index (Phi) is 7.23. The van der Waals surface area contributed by atoms with Crippen molar-refractivity contribution in [2.45, 2.75) is 32.6 Å². The van der Waals surface area contributed by atoms with Gasteiger partial charge in [0.25, 0.3) is 11.8 Å². The monoisotopic (exact) mass is 319 g/mol. The number of carbonyl (C=O) groups is 2. The number of hydrogen-bond donors (Lipinski definition) is 0. The first-order chi connectivity index (χ1) is 11.3. The van der Waals surface area contributed by atoms with E-state index in [-0.39, 0.29) is 18.4 Å². The van der Waals surface area contributed by atoms with E-state index in [0.29, 0.717) is 30.9 Å². The Morgan fingerprint density at radius 1 is 0.826 bits per heavy atom. The molecule has 1 aromatic rings. The molecular weight excluding hydrogens is 294 g/mol. The van der Waals surface area contributed by atoms with Crippen LogP contribution in [0.1, 0.15) is 53.3 Å². The van der Waals surface area contributed by atoms with Crippen LogP contribution in [0, 0.1) is 0 Å². The van der Waals surface area contributed by atoms with Gasteiger partial charge in [-0.3, -0.25) is 14.5 Å². The Balaban J connectivity index is 1.57. The number of benzene rings is 1. The summed E-state index contributed by atoms with van der Waals surface area (Å²) in [6, 6.07) is 6.90. The third-order valence-electron chi connectivity index (χ3n) is 3.85. The summed E-state index contributed by atoms with van der Waals surface area (Å²) < 4.78 is 10.9. The van der Waals surface area contributed by atoms with E-state index in [0.717, 1.165) is 13.0 Å². The van der Waals surface area contributed by atoms with Crippen LogP contribution in [0.4, 0.5) is 0 Å². The van der Waals surface area contributed by atoms with E-state index in [1.807, 2.05) is 0 Å². The van der Waals surface area contributed by atoms with Crippen LogP contribution in [-0.4, -0.2) is 49.7 Å². The maximum absolute atomic E-state index is 12.1. The molecule has 1 heterocycles. The number of rotatable bonds is 11. The summed E-state index contributed by atoms with van der Waals surface area (Å²) in [5, 5.41) is 0. The fraction of sp³-hybridized carbons (Fsp3) is 0.556. The summed E-state index contributed by atoms with van der Waals surface area (Å²) in [6.07, 6.45) is 4.76. The van der Waals surface area contributed by atoms with Crippen LogP contribution in [0.25, 0.3) is 0 Å². The van der Waals surface area contributed by atoms with Gasteiger partial charge in [0.15, 0.2) is 0 Å². The average Bonchev–Trinajstić information content (AvgIpc) is 2.81. The predicted octanol–water partition coefficient (Wildman–Crippen LogP) is 2.90. The number of imide groups is 1. The number of fused-ring (bicyclic) bond motifs is 1. The lowest BCUT2D eigenvalue weighted by atomic mass is 10.1. The molecule has 0 saturated carbocycles. The van der Waals surface area contributed by atoms with Crippen LogP contribution in [-0.2, 0) is 9.47 Å². The lowest BCUT2D eigenvalue weighted by Crippen LogP contribution is -2.33. The molecule has 0 atom stereocenters. The van der Waals surface area contributed by atoms with E-state index < -0.39 is 0 Å². The van der Waals surface area contributed by atoms with Gasteiger partial charge in [-0.2, -0.15) is 0 Å². The minimum absolute atomic E-state index is 0.235. The Morgan fingerprint density at radius 3 is 2.04 bits per heavy atom. The van der Waals surface area contributed by atoms with Gasteiger partial charge in [-0.1, -0.05) is 38.3 Å². The van der Waals surface area contributed by atoms with Crippen LogP contribution < -0.4 is 0 Å². The third kappa shape index (κ3) is 4.88. The number of hydrogen-bond acceptors (Lipinski definition) is 4. The van der Waals surface area contributed by atoms with Crippen molar-refractivity contribution in [2.24, 2.45) is 0 Å². The van der Waals surface area contributed by atoms with E-state index >= 15 is 0 Å². The Bertz CT molecular complexity index is 495. The molecule has 2 amide bonds. The molecule has 0 radical (unpaired) electrons. The van der Waals surface area contributed by atoms with Crippen molar-refractivity contribution >= 4 is 11.8 Å². The minimum atomic E-state index is -0.235. The van der Waals surface area contributed by atoms with E-state index in [1.165, 1.54) is 24.2 Å². The first kappa shape index (κ1) is 17.6. The number of ether oxygens (including phenoxy) is 2. The lowest BCUT2D eigenvalue weighted by molar-refractivity contribution is 0.0346. The normalized spacial score (nSPS) is 13.7. The van der Waals surface area contributed by atoms with Crippen molar-refractivity contribution in [1.82, 2.24) is 4.90 Å². The predicted molar refractivity (Wildman–Crippen MR) is 87.6 cm³/mol. The van der Waals surface area contributed by atoms with Gasteiger partial charge in [-0.25, -0.2) is 0 Å². The molecule has 1 aliphatic heterocycles. The summed E-state index contributed by atoms with van der Waals surface area (Å²) in [5.41, 5.74) is 0.959. The lowest BCUT2D eigenvalue weighted by Gasteiger charge is -2.13. The summed E-state index contributed by atoms with van der Waals surface area (Å²) in [4.78, 5) is 25.5. The van der Waals surface area contributed by atoms with Crippen LogP contribution >= 0.6 is 0 Å². The second-order valence-corrected chi connectivity index (χ2v) is 5.59. The van der Waals surface area contributed by atoms with Gasteiger partial charge < -0.3 is 9.47 Å². The first-order valence-electron chi connectivity index (χ1n) is 8.36. The van der Waals surface area contributed by atoms with Gasteiger partial charge in [0.05, 0.1) is 37.5 Å². The molecule has 5 nitrogen and oxygen atoms in total. The van der Waals surface area contributed by atoms with Crippen LogP contribution in [0.2, 0.25) is 0 Å². The number of carbonyl (C=O) groups excluding carboxylic acids is 2. The van der Waals surface area contributed by atoms with E-state index in [9.17, 15) is 9.59 Å². The SMILES string of the molecule is CCCCCCOCCOCCN1C(=O)c2ccccc2C1=O. The smallest absolute Gasteiger partial charge is 0.261 e. The fourth-order valence-corrected chi connectivity index (χ4v) is 2.55. The highest BCUT2D eigenvalue weighted by Crippen LogP contribution is 2.21. The molecule has 0 unspecified atom stereocenters. The third-order valence-corrected chi connectivity index (χ3v) is 3.85. The van der Waals surface area contributed by atoms with Crippen molar-refractivity contribution in [1.29, 1.82) is 0 Å². The molecule has 2 rings (SSSR count). The Hall–Kier alpha value is -1.72.